The summed E-state index contributed by atoms with van der Waals surface area (Å²) >= 11 is 3.18. The molecule has 1 N–H and O–H groups in total. The summed E-state index contributed by atoms with van der Waals surface area (Å²) in [4.78, 5) is 39.4. The van der Waals surface area contributed by atoms with Crippen molar-refractivity contribution in [3.63, 3.8) is 0 Å². The van der Waals surface area contributed by atoms with Crippen molar-refractivity contribution in [3.8, 4) is 0 Å². The lowest BCUT2D eigenvalue weighted by molar-refractivity contribution is -0.146. The summed E-state index contributed by atoms with van der Waals surface area (Å²) in [7, 11) is 0. The number of pyridine rings is 1. The van der Waals surface area contributed by atoms with Crippen LogP contribution in [0.5, 0.6) is 0 Å². The first-order valence-corrected chi connectivity index (χ1v) is 8.01. The Morgan fingerprint density at radius 2 is 1.91 bits per heavy atom. The Bertz CT molecular complexity index is 547. The molecule has 0 fully saturated rings. The lowest BCUT2D eigenvalue weighted by Crippen LogP contribution is -2.42. The fraction of sp³-hybridized carbons (Fsp3) is 0.467. The van der Waals surface area contributed by atoms with Gasteiger partial charge in [-0.2, -0.15) is 0 Å². The van der Waals surface area contributed by atoms with Crippen LogP contribution in [-0.2, 0) is 19.1 Å². The van der Waals surface area contributed by atoms with E-state index in [9.17, 15) is 14.4 Å². The Morgan fingerprint density at radius 1 is 1.22 bits per heavy atom. The van der Waals surface area contributed by atoms with Crippen molar-refractivity contribution in [1.29, 1.82) is 0 Å². The van der Waals surface area contributed by atoms with Crippen molar-refractivity contribution in [1.82, 2.24) is 10.3 Å². The molecule has 0 radical (unpaired) electrons. The van der Waals surface area contributed by atoms with Crippen LogP contribution in [0.25, 0.3) is 0 Å². The molecule has 0 aromatic carbocycles. The van der Waals surface area contributed by atoms with Crippen molar-refractivity contribution in [2.45, 2.75) is 32.7 Å². The Balaban J connectivity index is 2.71. The minimum absolute atomic E-state index is 0.0101. The molecule has 1 heterocycles. The van der Waals surface area contributed by atoms with Gasteiger partial charge in [0.1, 0.15) is 10.6 Å². The van der Waals surface area contributed by atoms with Crippen LogP contribution in [-0.4, -0.2) is 42.1 Å². The lowest BCUT2D eigenvalue weighted by atomic mass is 10.1. The number of hydrogen-bond acceptors (Lipinski definition) is 6. The van der Waals surface area contributed by atoms with E-state index in [1.807, 2.05) is 0 Å². The quantitative estimate of drug-likeness (QED) is 0.541. The standard InChI is InChI=1S/C15H19BrN2O5/c1-3-22-13(19)8-6-11(15(21)23-4-2)18-14(20)10-5-7-12(16)17-9-10/h5,7,9,11H,3-4,6,8H2,1-2H3,(H,18,20)/t11-/m0/s1. The minimum Gasteiger partial charge on any atom is -0.466 e. The molecule has 1 amide bonds. The molecule has 1 atom stereocenters. The second-order valence-corrected chi connectivity index (χ2v) is 5.30. The highest BCUT2D eigenvalue weighted by Crippen LogP contribution is 2.08. The van der Waals surface area contributed by atoms with Gasteiger partial charge in [0.2, 0.25) is 0 Å². The zero-order valence-corrected chi connectivity index (χ0v) is 14.6. The molecule has 1 rings (SSSR count). The molecule has 0 aliphatic heterocycles. The Morgan fingerprint density at radius 3 is 2.48 bits per heavy atom. The zero-order chi connectivity index (χ0) is 17.2. The highest BCUT2D eigenvalue weighted by Gasteiger charge is 2.24. The minimum atomic E-state index is -0.921. The second kappa shape index (κ2) is 9.94. The van der Waals surface area contributed by atoms with E-state index < -0.39 is 23.9 Å². The van der Waals surface area contributed by atoms with Crippen LogP contribution >= 0.6 is 15.9 Å². The number of hydrogen-bond donors (Lipinski definition) is 1. The predicted octanol–water partition coefficient (Wildman–Crippen LogP) is 1.85. The van der Waals surface area contributed by atoms with Gasteiger partial charge in [0.05, 0.1) is 18.8 Å². The average molecular weight is 387 g/mol. The number of ether oxygens (including phenoxy) is 2. The zero-order valence-electron chi connectivity index (χ0n) is 13.0. The normalized spacial score (nSPS) is 11.4. The number of rotatable bonds is 8. The first-order chi connectivity index (χ1) is 11.0. The van der Waals surface area contributed by atoms with Gasteiger partial charge in [-0.3, -0.25) is 9.59 Å². The van der Waals surface area contributed by atoms with Crippen molar-refractivity contribution in [2.24, 2.45) is 0 Å². The molecule has 8 heteroatoms. The number of halogens is 1. The van der Waals surface area contributed by atoms with Crippen LogP contribution < -0.4 is 5.32 Å². The third-order valence-corrected chi connectivity index (χ3v) is 3.28. The number of carbonyl (C=O) groups excluding carboxylic acids is 3. The summed E-state index contributed by atoms with van der Waals surface area (Å²) in [6.07, 6.45) is 1.50. The van der Waals surface area contributed by atoms with Gasteiger partial charge in [-0.05, 0) is 48.3 Å². The first kappa shape index (κ1) is 19.1. The van der Waals surface area contributed by atoms with Crippen LogP contribution in [0.2, 0.25) is 0 Å². The highest BCUT2D eigenvalue weighted by atomic mass is 79.9. The van der Waals surface area contributed by atoms with E-state index in [4.69, 9.17) is 9.47 Å². The molecule has 0 bridgehead atoms. The second-order valence-electron chi connectivity index (χ2n) is 4.49. The van der Waals surface area contributed by atoms with Gasteiger partial charge in [-0.1, -0.05) is 0 Å². The van der Waals surface area contributed by atoms with Crippen LogP contribution in [0, 0.1) is 0 Å². The number of amides is 1. The molecule has 126 valence electrons. The highest BCUT2D eigenvalue weighted by molar-refractivity contribution is 9.10. The van der Waals surface area contributed by atoms with E-state index in [0.717, 1.165) is 0 Å². The Kier molecular flexibility index (Phi) is 8.25. The monoisotopic (exact) mass is 386 g/mol. The van der Waals surface area contributed by atoms with Crippen LogP contribution in [0.15, 0.2) is 22.9 Å². The van der Waals surface area contributed by atoms with E-state index in [2.05, 4.69) is 26.2 Å². The summed E-state index contributed by atoms with van der Waals surface area (Å²) in [5, 5.41) is 2.56. The Hall–Kier alpha value is -1.96. The average Bonchev–Trinajstić information content (AvgIpc) is 2.52. The fourth-order valence-electron chi connectivity index (χ4n) is 1.74. The van der Waals surface area contributed by atoms with Crippen LogP contribution in [0.4, 0.5) is 0 Å². The van der Waals surface area contributed by atoms with Gasteiger partial charge < -0.3 is 14.8 Å². The number of esters is 2. The molecule has 0 unspecified atom stereocenters. The van der Waals surface area contributed by atoms with E-state index in [-0.39, 0.29) is 26.1 Å². The SMILES string of the molecule is CCOC(=O)CC[C@H](NC(=O)c1ccc(Br)nc1)C(=O)OCC. The third kappa shape index (κ3) is 6.77. The third-order valence-electron chi connectivity index (χ3n) is 2.81. The molecule has 0 saturated carbocycles. The maximum Gasteiger partial charge on any atom is 0.328 e. The van der Waals surface area contributed by atoms with Crippen LogP contribution in [0.3, 0.4) is 0 Å². The summed E-state index contributed by atoms with van der Waals surface area (Å²) in [5.41, 5.74) is 0.304. The van der Waals surface area contributed by atoms with E-state index in [0.29, 0.717) is 10.2 Å². The summed E-state index contributed by atoms with van der Waals surface area (Å²) in [5.74, 6) is -1.48. The molecular formula is C15H19BrN2O5. The Labute approximate surface area is 142 Å². The van der Waals surface area contributed by atoms with Crippen molar-refractivity contribution >= 4 is 33.8 Å². The summed E-state index contributed by atoms with van der Waals surface area (Å²) in [6.45, 7) is 3.81. The van der Waals surface area contributed by atoms with Gasteiger partial charge in [0.25, 0.3) is 5.91 Å². The van der Waals surface area contributed by atoms with Crippen molar-refractivity contribution in [3.05, 3.63) is 28.5 Å². The molecule has 23 heavy (non-hydrogen) atoms. The van der Waals surface area contributed by atoms with Gasteiger partial charge in [0, 0.05) is 12.6 Å². The molecule has 1 aromatic rings. The number of nitrogens with zero attached hydrogens (tertiary/aromatic N) is 1. The van der Waals surface area contributed by atoms with E-state index >= 15 is 0 Å². The molecule has 0 saturated heterocycles. The molecule has 1 aromatic heterocycles. The van der Waals surface area contributed by atoms with E-state index in [1.54, 1.807) is 26.0 Å². The van der Waals surface area contributed by atoms with Gasteiger partial charge >= 0.3 is 11.9 Å². The van der Waals surface area contributed by atoms with Gasteiger partial charge in [-0.25, -0.2) is 9.78 Å². The number of carbonyl (C=O) groups is 3. The largest absolute Gasteiger partial charge is 0.466 e. The van der Waals surface area contributed by atoms with Crippen molar-refractivity contribution in [2.75, 3.05) is 13.2 Å². The smallest absolute Gasteiger partial charge is 0.328 e. The van der Waals surface area contributed by atoms with E-state index in [1.165, 1.54) is 6.20 Å². The molecule has 0 aliphatic carbocycles. The fourth-order valence-corrected chi connectivity index (χ4v) is 1.97. The maximum atomic E-state index is 12.2. The van der Waals surface area contributed by atoms with Crippen LogP contribution in [0.1, 0.15) is 37.0 Å². The topological polar surface area (TPSA) is 94.6 Å². The van der Waals surface area contributed by atoms with Crippen molar-refractivity contribution < 1.29 is 23.9 Å². The molecular weight excluding hydrogens is 368 g/mol. The molecule has 0 spiro atoms. The molecule has 0 aliphatic rings. The predicted molar refractivity (Wildman–Crippen MR) is 85.7 cm³/mol. The number of nitrogens with one attached hydrogen (secondary N) is 1. The molecule has 7 nitrogen and oxygen atoms in total. The van der Waals surface area contributed by atoms with Gasteiger partial charge in [0.15, 0.2) is 0 Å². The number of aromatic nitrogens is 1. The summed E-state index contributed by atoms with van der Waals surface area (Å²) in [6, 6.07) is 2.27. The lowest BCUT2D eigenvalue weighted by Gasteiger charge is -2.17. The first-order valence-electron chi connectivity index (χ1n) is 7.22. The maximum absolute atomic E-state index is 12.2. The summed E-state index contributed by atoms with van der Waals surface area (Å²) < 4.78 is 10.3. The van der Waals surface area contributed by atoms with Gasteiger partial charge in [-0.15, -0.1) is 0 Å².